The maximum atomic E-state index is 13.4. The van der Waals surface area contributed by atoms with E-state index in [1.807, 2.05) is 6.08 Å². The molecule has 6 unspecified atom stereocenters. The van der Waals surface area contributed by atoms with Gasteiger partial charge in [-0.2, -0.15) is 0 Å². The van der Waals surface area contributed by atoms with Crippen LogP contribution in [0.15, 0.2) is 22.8 Å². The van der Waals surface area contributed by atoms with E-state index in [1.165, 1.54) is 11.1 Å². The molecule has 0 aromatic rings. The first-order chi connectivity index (χ1) is 13.0. The highest BCUT2D eigenvalue weighted by Crippen LogP contribution is 2.77. The van der Waals surface area contributed by atoms with E-state index in [1.54, 1.807) is 0 Å². The van der Waals surface area contributed by atoms with Crippen molar-refractivity contribution in [3.8, 4) is 0 Å². The van der Waals surface area contributed by atoms with E-state index in [9.17, 15) is 9.59 Å². The Morgan fingerprint density at radius 2 is 2.22 bits per heavy atom. The highest BCUT2D eigenvalue weighted by molar-refractivity contribution is 6.08. The first kappa shape index (κ1) is 17.6. The molecule has 2 spiro atoms. The van der Waals surface area contributed by atoms with Gasteiger partial charge in [0.05, 0.1) is 6.10 Å². The molecule has 6 heteroatoms. The summed E-state index contributed by atoms with van der Waals surface area (Å²) < 4.78 is 17.6. The summed E-state index contributed by atoms with van der Waals surface area (Å²) in [5.74, 6) is 0.253. The molecule has 6 atom stereocenters. The van der Waals surface area contributed by atoms with Gasteiger partial charge < -0.3 is 19.3 Å². The van der Waals surface area contributed by atoms with Gasteiger partial charge in [0.25, 0.3) is 6.47 Å². The van der Waals surface area contributed by atoms with Gasteiger partial charge in [-0.25, -0.2) is 0 Å². The van der Waals surface area contributed by atoms with Crippen molar-refractivity contribution in [1.29, 1.82) is 0 Å². The molecule has 6 nitrogen and oxygen atoms in total. The minimum Gasteiger partial charge on any atom is -0.463 e. The van der Waals surface area contributed by atoms with Crippen LogP contribution in [0.3, 0.4) is 0 Å². The Morgan fingerprint density at radius 3 is 2.96 bits per heavy atom. The number of aliphatic hydroxyl groups is 1. The van der Waals surface area contributed by atoms with E-state index in [0.29, 0.717) is 25.9 Å². The number of Topliss-reactive ketones (excluding diaryl/α,β-unsaturated/α-hetero) is 1. The molecule has 1 saturated carbocycles. The van der Waals surface area contributed by atoms with E-state index in [4.69, 9.17) is 19.3 Å². The van der Waals surface area contributed by atoms with Crippen LogP contribution in [0.5, 0.6) is 0 Å². The number of rotatable bonds is 6. The van der Waals surface area contributed by atoms with Gasteiger partial charge in [0.1, 0.15) is 18.3 Å². The van der Waals surface area contributed by atoms with Gasteiger partial charge in [0.15, 0.2) is 11.4 Å². The van der Waals surface area contributed by atoms with Crippen LogP contribution < -0.4 is 0 Å². The number of ether oxygens (including phenoxy) is 3. The summed E-state index contributed by atoms with van der Waals surface area (Å²) in [6.45, 7) is 5.22. The normalized spacial score (nSPS) is 46.6. The Morgan fingerprint density at radius 1 is 1.41 bits per heavy atom. The molecule has 0 aromatic heterocycles. The third-order valence-corrected chi connectivity index (χ3v) is 7.88. The Bertz CT molecular complexity index is 784. The third-order valence-electron chi connectivity index (χ3n) is 7.88. The van der Waals surface area contributed by atoms with Crippen molar-refractivity contribution < 1.29 is 28.9 Å². The number of aliphatic hydroxyl groups excluding tert-OH is 1. The van der Waals surface area contributed by atoms with Crippen LogP contribution in [0.25, 0.3) is 0 Å². The summed E-state index contributed by atoms with van der Waals surface area (Å²) in [7, 11) is 0. The molecule has 3 fully saturated rings. The number of ketones is 1. The molecule has 1 N–H and O–H groups in total. The topological polar surface area (TPSA) is 88.7 Å². The minimum absolute atomic E-state index is 0.0614. The lowest BCUT2D eigenvalue weighted by Crippen LogP contribution is -2.63. The summed E-state index contributed by atoms with van der Waals surface area (Å²) in [5, 5.41) is 9.14. The van der Waals surface area contributed by atoms with Gasteiger partial charge in [-0.05, 0) is 62.2 Å². The second-order valence-corrected chi connectivity index (χ2v) is 8.88. The van der Waals surface area contributed by atoms with Gasteiger partial charge in [-0.1, -0.05) is 12.5 Å². The lowest BCUT2D eigenvalue weighted by Gasteiger charge is -2.52. The van der Waals surface area contributed by atoms with Gasteiger partial charge in [-0.15, -0.1) is 0 Å². The van der Waals surface area contributed by atoms with Crippen LogP contribution in [-0.2, 0) is 23.8 Å². The van der Waals surface area contributed by atoms with Crippen molar-refractivity contribution >= 4 is 12.3 Å². The highest BCUT2D eigenvalue weighted by Gasteiger charge is 2.92. The minimum atomic E-state index is -0.843. The second kappa shape index (κ2) is 5.52. The fraction of sp³-hybridized carbons (Fsp3) is 0.714. The number of allylic oxidation sites excluding steroid dienone is 1. The smallest absolute Gasteiger partial charge is 0.293 e. The maximum Gasteiger partial charge on any atom is 0.293 e. The summed E-state index contributed by atoms with van der Waals surface area (Å²) in [6.07, 6.45) is 5.50. The highest BCUT2D eigenvalue weighted by atomic mass is 16.7. The van der Waals surface area contributed by atoms with Crippen LogP contribution in [-0.4, -0.2) is 54.0 Å². The van der Waals surface area contributed by atoms with E-state index >= 15 is 0 Å². The molecule has 5 aliphatic rings. The summed E-state index contributed by atoms with van der Waals surface area (Å²) in [5.41, 5.74) is 1.54. The molecule has 5 rings (SSSR count). The zero-order valence-electron chi connectivity index (χ0n) is 15.8. The number of hydrogen-bond acceptors (Lipinski definition) is 6. The first-order valence-corrected chi connectivity index (χ1v) is 9.92. The van der Waals surface area contributed by atoms with Gasteiger partial charge in [0, 0.05) is 12.0 Å². The average molecular weight is 374 g/mol. The Labute approximate surface area is 158 Å². The summed E-state index contributed by atoms with van der Waals surface area (Å²) in [4.78, 5) is 24.1. The Kier molecular flexibility index (Phi) is 3.60. The number of fused-ring (bicyclic) bond motifs is 1. The Hall–Kier alpha value is -1.50. The van der Waals surface area contributed by atoms with E-state index in [2.05, 4.69) is 13.8 Å². The second-order valence-electron chi connectivity index (χ2n) is 8.88. The van der Waals surface area contributed by atoms with Crippen LogP contribution in [0.4, 0.5) is 0 Å². The van der Waals surface area contributed by atoms with Crippen LogP contribution in [0.1, 0.15) is 46.0 Å². The van der Waals surface area contributed by atoms with Crippen molar-refractivity contribution in [3.05, 3.63) is 22.8 Å². The molecule has 0 amide bonds. The molecule has 146 valence electrons. The van der Waals surface area contributed by atoms with Crippen LogP contribution in [0, 0.1) is 11.3 Å². The lowest BCUT2D eigenvalue weighted by molar-refractivity contribution is -0.129. The lowest BCUT2D eigenvalue weighted by atomic mass is 9.48. The number of epoxide rings is 2. The molecule has 2 aliphatic heterocycles. The van der Waals surface area contributed by atoms with Crippen LogP contribution in [0.2, 0.25) is 0 Å². The van der Waals surface area contributed by atoms with E-state index < -0.39 is 11.2 Å². The largest absolute Gasteiger partial charge is 0.463 e. The third kappa shape index (κ3) is 1.91. The number of carbonyl (C=O) groups excluding carboxylic acids is 2. The number of carbonyl (C=O) groups is 2. The summed E-state index contributed by atoms with van der Waals surface area (Å²) >= 11 is 0. The zero-order chi connectivity index (χ0) is 19.0. The predicted octanol–water partition coefficient (Wildman–Crippen LogP) is 1.85. The first-order valence-electron chi connectivity index (χ1n) is 9.92. The van der Waals surface area contributed by atoms with Gasteiger partial charge in [0.2, 0.25) is 0 Å². The van der Waals surface area contributed by atoms with Crippen molar-refractivity contribution in [2.75, 3.05) is 13.2 Å². The molecule has 0 bridgehead atoms. The van der Waals surface area contributed by atoms with E-state index in [0.717, 1.165) is 24.8 Å². The predicted molar refractivity (Wildman–Crippen MR) is 94.8 cm³/mol. The van der Waals surface area contributed by atoms with Crippen molar-refractivity contribution in [2.45, 2.75) is 69.4 Å². The summed E-state index contributed by atoms with van der Waals surface area (Å²) in [6, 6.07) is 0. The molecule has 2 saturated heterocycles. The van der Waals surface area contributed by atoms with Gasteiger partial charge in [-0.3, -0.25) is 9.59 Å². The molecule has 0 radical (unpaired) electrons. The molecule has 27 heavy (non-hydrogen) atoms. The monoisotopic (exact) mass is 374 g/mol. The molecule has 0 aromatic carbocycles. The van der Waals surface area contributed by atoms with Crippen molar-refractivity contribution in [3.63, 3.8) is 0 Å². The number of hydrogen-bond donors (Lipinski definition) is 1. The average Bonchev–Trinajstić information content (AvgIpc) is 3.55. The fourth-order valence-electron chi connectivity index (χ4n) is 6.44. The van der Waals surface area contributed by atoms with Crippen molar-refractivity contribution in [2.24, 2.45) is 11.3 Å². The standard InChI is InChI=1S/C21H26O6/c1-12-5-6-19(2)15(14(12)10-25-11-23)9-16-20(26-16)18(24)13(4-3-7-22)8-17-21(19,20)27-17/h8,11,15-17,22H,3-7,9-10H2,1-2H3. The van der Waals surface area contributed by atoms with Crippen LogP contribution >= 0.6 is 0 Å². The maximum absolute atomic E-state index is 13.4. The van der Waals surface area contributed by atoms with Gasteiger partial charge >= 0.3 is 0 Å². The molecule has 3 aliphatic carbocycles. The molecular formula is C21H26O6. The zero-order valence-corrected chi connectivity index (χ0v) is 15.8. The van der Waals surface area contributed by atoms with Crippen molar-refractivity contribution in [1.82, 2.24) is 0 Å². The molecule has 2 heterocycles. The quantitative estimate of drug-likeness (QED) is 0.434. The fourth-order valence-corrected chi connectivity index (χ4v) is 6.44. The van der Waals surface area contributed by atoms with E-state index in [-0.39, 0.29) is 35.9 Å². The Balaban J connectivity index is 1.55. The SMILES string of the molecule is CC1=C(COC=O)C2CC3OC34C(=O)C(CCCO)=CC3OC34C2(C)CC1. The molecular weight excluding hydrogens is 348 g/mol.